The number of amides is 1. The quantitative estimate of drug-likeness (QED) is 0.608. The first kappa shape index (κ1) is 19.5. The minimum Gasteiger partial charge on any atom is -0.464 e. The van der Waals surface area contributed by atoms with E-state index >= 15 is 0 Å². The van der Waals surface area contributed by atoms with Crippen LogP contribution >= 0.6 is 0 Å². The number of benzene rings is 1. The van der Waals surface area contributed by atoms with Gasteiger partial charge in [0.2, 0.25) is 5.54 Å². The molecule has 1 amide bonds. The van der Waals surface area contributed by atoms with Crippen LogP contribution in [-0.2, 0) is 20.9 Å². The molecule has 0 aliphatic heterocycles. The Morgan fingerprint density at radius 3 is 2.33 bits per heavy atom. The minimum absolute atomic E-state index is 0.239. The van der Waals surface area contributed by atoms with Gasteiger partial charge in [0, 0.05) is 6.42 Å². The first-order valence-electron chi connectivity index (χ1n) is 7.10. The summed E-state index contributed by atoms with van der Waals surface area (Å²) in [7, 11) is 0. The van der Waals surface area contributed by atoms with Gasteiger partial charge in [-0.3, -0.25) is 5.32 Å². The van der Waals surface area contributed by atoms with Crippen molar-refractivity contribution in [2.24, 2.45) is 0 Å². The van der Waals surface area contributed by atoms with Crippen LogP contribution < -0.4 is 5.32 Å². The molecule has 0 aliphatic carbocycles. The SMILES string of the molecule is C=CCC(NC(=O)OCc1ccccc1)(C(=O)OCC)C(F)(F)F. The summed E-state index contributed by atoms with van der Waals surface area (Å²) in [5, 5.41) is 1.59. The van der Waals surface area contributed by atoms with Gasteiger partial charge in [0.15, 0.2) is 0 Å². The van der Waals surface area contributed by atoms with E-state index in [-0.39, 0.29) is 13.2 Å². The van der Waals surface area contributed by atoms with Crippen molar-refractivity contribution in [1.29, 1.82) is 0 Å². The van der Waals surface area contributed by atoms with Crippen molar-refractivity contribution >= 4 is 12.1 Å². The third kappa shape index (κ3) is 4.74. The molecule has 1 atom stereocenters. The normalized spacial score (nSPS) is 13.5. The van der Waals surface area contributed by atoms with Crippen LogP contribution in [0.1, 0.15) is 18.9 Å². The summed E-state index contributed by atoms with van der Waals surface area (Å²) < 4.78 is 49.6. The van der Waals surface area contributed by atoms with E-state index in [2.05, 4.69) is 11.3 Å². The van der Waals surface area contributed by atoms with E-state index in [0.29, 0.717) is 5.56 Å². The molecule has 0 fully saturated rings. The second kappa shape index (κ2) is 8.37. The fourth-order valence-corrected chi connectivity index (χ4v) is 1.89. The molecule has 8 heteroatoms. The molecule has 1 rings (SSSR count). The molecule has 1 aromatic rings. The largest absolute Gasteiger partial charge is 0.464 e. The average Bonchev–Trinajstić information content (AvgIpc) is 2.52. The van der Waals surface area contributed by atoms with Gasteiger partial charge in [0.1, 0.15) is 6.61 Å². The van der Waals surface area contributed by atoms with Crippen molar-refractivity contribution in [3.63, 3.8) is 0 Å². The van der Waals surface area contributed by atoms with Crippen molar-refractivity contribution in [2.45, 2.75) is 31.7 Å². The van der Waals surface area contributed by atoms with E-state index in [4.69, 9.17) is 4.74 Å². The summed E-state index contributed by atoms with van der Waals surface area (Å²) in [6.07, 6.45) is -6.47. The highest BCUT2D eigenvalue weighted by atomic mass is 19.4. The molecule has 1 aromatic carbocycles. The maximum absolute atomic E-state index is 13.4. The molecule has 0 saturated heterocycles. The van der Waals surface area contributed by atoms with E-state index in [1.165, 1.54) is 6.92 Å². The fourth-order valence-electron chi connectivity index (χ4n) is 1.89. The maximum atomic E-state index is 13.4. The van der Waals surface area contributed by atoms with Crippen LogP contribution in [-0.4, -0.2) is 30.4 Å². The smallest absolute Gasteiger partial charge is 0.422 e. The minimum atomic E-state index is -5.08. The Hall–Kier alpha value is -2.51. The van der Waals surface area contributed by atoms with Gasteiger partial charge in [-0.15, -0.1) is 6.58 Å². The summed E-state index contributed by atoms with van der Waals surface area (Å²) >= 11 is 0. The van der Waals surface area contributed by atoms with Crippen LogP contribution in [0.2, 0.25) is 0 Å². The number of nitrogens with one attached hydrogen (secondary N) is 1. The molecular formula is C16H18F3NO4. The number of esters is 1. The summed E-state index contributed by atoms with van der Waals surface area (Å²) in [5.41, 5.74) is -2.65. The number of hydrogen-bond acceptors (Lipinski definition) is 4. The molecule has 24 heavy (non-hydrogen) atoms. The summed E-state index contributed by atoms with van der Waals surface area (Å²) in [6, 6.07) is 8.39. The van der Waals surface area contributed by atoms with E-state index in [0.717, 1.165) is 6.08 Å². The summed E-state index contributed by atoms with van der Waals surface area (Å²) in [6.45, 7) is 4.06. The van der Waals surface area contributed by atoms with Gasteiger partial charge in [0.25, 0.3) is 0 Å². The molecule has 0 radical (unpaired) electrons. The number of carbonyl (C=O) groups is 2. The zero-order valence-electron chi connectivity index (χ0n) is 13.1. The van der Waals surface area contributed by atoms with Crippen molar-refractivity contribution in [1.82, 2.24) is 5.32 Å². The molecule has 0 bridgehead atoms. The third-order valence-corrected chi connectivity index (χ3v) is 3.09. The lowest BCUT2D eigenvalue weighted by Gasteiger charge is -2.32. The van der Waals surface area contributed by atoms with Gasteiger partial charge in [-0.1, -0.05) is 36.4 Å². The third-order valence-electron chi connectivity index (χ3n) is 3.09. The lowest BCUT2D eigenvalue weighted by molar-refractivity contribution is -0.211. The molecule has 0 aromatic heterocycles. The zero-order valence-corrected chi connectivity index (χ0v) is 13.1. The lowest BCUT2D eigenvalue weighted by atomic mass is 9.94. The number of ether oxygens (including phenoxy) is 2. The molecule has 1 N–H and O–H groups in total. The Bertz CT molecular complexity index is 574. The second-order valence-corrected chi connectivity index (χ2v) is 4.80. The highest BCUT2D eigenvalue weighted by molar-refractivity contribution is 5.87. The Morgan fingerprint density at radius 2 is 1.83 bits per heavy atom. The van der Waals surface area contributed by atoms with Crippen molar-refractivity contribution in [3.05, 3.63) is 48.6 Å². The number of halogens is 3. The molecule has 0 aliphatic rings. The number of alkyl halides is 3. The molecular weight excluding hydrogens is 327 g/mol. The van der Waals surface area contributed by atoms with Crippen LogP contribution in [0, 0.1) is 0 Å². The van der Waals surface area contributed by atoms with E-state index in [1.807, 2.05) is 0 Å². The Labute approximate surface area is 137 Å². The topological polar surface area (TPSA) is 64.6 Å². The van der Waals surface area contributed by atoms with E-state index < -0.39 is 30.2 Å². The van der Waals surface area contributed by atoms with Crippen LogP contribution in [0.15, 0.2) is 43.0 Å². The number of alkyl carbamates (subject to hydrolysis) is 1. The van der Waals surface area contributed by atoms with E-state index in [9.17, 15) is 22.8 Å². The van der Waals surface area contributed by atoms with Crippen LogP contribution in [0.4, 0.5) is 18.0 Å². The number of carbonyl (C=O) groups excluding carboxylic acids is 2. The zero-order chi connectivity index (χ0) is 18.2. The molecule has 132 valence electrons. The predicted molar refractivity (Wildman–Crippen MR) is 80.0 cm³/mol. The van der Waals surface area contributed by atoms with Gasteiger partial charge in [0.05, 0.1) is 6.61 Å². The van der Waals surface area contributed by atoms with Crippen LogP contribution in [0.3, 0.4) is 0 Å². The second-order valence-electron chi connectivity index (χ2n) is 4.80. The predicted octanol–water partition coefficient (Wildman–Crippen LogP) is 3.35. The molecule has 0 saturated carbocycles. The summed E-state index contributed by atoms with van der Waals surface area (Å²) in [4.78, 5) is 23.6. The molecule has 0 heterocycles. The Kier molecular flexibility index (Phi) is 6.82. The van der Waals surface area contributed by atoms with E-state index in [1.54, 1.807) is 35.6 Å². The standard InChI is InChI=1S/C16H18F3NO4/c1-3-10-15(16(17,18)19,13(21)23-4-2)20-14(22)24-11-12-8-6-5-7-9-12/h3,5-9H,1,4,10-11H2,2H3,(H,20,22). The van der Waals surface area contributed by atoms with Crippen molar-refractivity contribution < 1.29 is 32.2 Å². The molecule has 1 unspecified atom stereocenters. The highest BCUT2D eigenvalue weighted by Crippen LogP contribution is 2.35. The van der Waals surface area contributed by atoms with Gasteiger partial charge in [-0.25, -0.2) is 9.59 Å². The first-order valence-corrected chi connectivity index (χ1v) is 7.10. The Morgan fingerprint density at radius 1 is 1.21 bits per heavy atom. The maximum Gasteiger partial charge on any atom is 0.422 e. The average molecular weight is 345 g/mol. The van der Waals surface area contributed by atoms with Gasteiger partial charge >= 0.3 is 18.2 Å². The highest BCUT2D eigenvalue weighted by Gasteiger charge is 2.62. The molecule has 5 nitrogen and oxygen atoms in total. The number of hydrogen-bond donors (Lipinski definition) is 1. The van der Waals surface area contributed by atoms with Gasteiger partial charge in [-0.05, 0) is 12.5 Å². The van der Waals surface area contributed by atoms with Crippen molar-refractivity contribution in [3.8, 4) is 0 Å². The monoisotopic (exact) mass is 345 g/mol. The lowest BCUT2D eigenvalue weighted by Crippen LogP contribution is -2.64. The molecule has 0 spiro atoms. The van der Waals surface area contributed by atoms with Crippen LogP contribution in [0.5, 0.6) is 0 Å². The Balaban J connectivity index is 2.92. The van der Waals surface area contributed by atoms with Gasteiger partial charge in [-0.2, -0.15) is 13.2 Å². The van der Waals surface area contributed by atoms with Gasteiger partial charge < -0.3 is 9.47 Å². The summed E-state index contributed by atoms with van der Waals surface area (Å²) in [5.74, 6) is -1.62. The number of rotatable bonds is 7. The fraction of sp³-hybridized carbons (Fsp3) is 0.375. The van der Waals surface area contributed by atoms with Crippen molar-refractivity contribution in [2.75, 3.05) is 6.61 Å². The first-order chi connectivity index (χ1) is 11.3. The van der Waals surface area contributed by atoms with Crippen LogP contribution in [0.25, 0.3) is 0 Å².